The highest BCUT2D eigenvalue weighted by Crippen LogP contribution is 2.15. The highest BCUT2D eigenvalue weighted by atomic mass is 19.4. The smallest absolute Gasteiger partial charge is 0.445 e. The third-order valence-corrected chi connectivity index (χ3v) is 2.02. The van der Waals surface area contributed by atoms with Crippen LogP contribution in [0.15, 0.2) is 36.5 Å². The van der Waals surface area contributed by atoms with Gasteiger partial charge in [0.15, 0.2) is 0 Å². The average molecular weight is 197 g/mol. The van der Waals surface area contributed by atoms with E-state index in [0.29, 0.717) is 5.39 Å². The van der Waals surface area contributed by atoms with E-state index in [1.165, 1.54) is 12.3 Å². The molecule has 0 radical (unpaired) electrons. The van der Waals surface area contributed by atoms with Crippen molar-refractivity contribution in [3.63, 3.8) is 0 Å². The van der Waals surface area contributed by atoms with Gasteiger partial charge in [-0.15, -0.1) is 0 Å². The number of nitrogens with zero attached hydrogens (tertiary/aromatic N) is 1. The van der Waals surface area contributed by atoms with E-state index in [4.69, 9.17) is 0 Å². The molecule has 0 fully saturated rings. The van der Waals surface area contributed by atoms with Gasteiger partial charge in [-0.25, -0.2) is 0 Å². The molecule has 5 heteroatoms. The van der Waals surface area contributed by atoms with E-state index in [0.717, 1.165) is 6.07 Å². The monoisotopic (exact) mass is 197 g/mol. The van der Waals surface area contributed by atoms with Crippen LogP contribution in [0, 0.1) is 0 Å². The Labute approximate surface area is 80.1 Å². The van der Waals surface area contributed by atoms with Crippen LogP contribution in [0.5, 0.6) is 0 Å². The number of hydrogen-bond acceptors (Lipinski definition) is 1. The van der Waals surface area contributed by atoms with Gasteiger partial charge < -0.3 is 12.9 Å². The van der Waals surface area contributed by atoms with Crippen LogP contribution in [0.3, 0.4) is 0 Å². The molecule has 14 heavy (non-hydrogen) atoms. The van der Waals surface area contributed by atoms with Crippen LogP contribution in [0.25, 0.3) is 10.9 Å². The minimum atomic E-state index is -4.98. The molecule has 0 saturated carbocycles. The van der Waals surface area contributed by atoms with E-state index in [1.54, 1.807) is 18.2 Å². The molecule has 0 aliphatic heterocycles. The van der Waals surface area contributed by atoms with E-state index in [2.05, 4.69) is 4.98 Å². The van der Waals surface area contributed by atoms with Gasteiger partial charge in [0, 0.05) is 11.7 Å². The molecule has 0 aliphatic carbocycles. The lowest BCUT2D eigenvalue weighted by molar-refractivity contribution is 0.501. The number of halogens is 3. The van der Waals surface area contributed by atoms with Crippen LogP contribution in [-0.4, -0.2) is 12.0 Å². The Bertz CT molecular complexity index is 467. The summed E-state index contributed by atoms with van der Waals surface area (Å²) in [5.74, 6) is 0. The summed E-state index contributed by atoms with van der Waals surface area (Å²) in [6.07, 6.45) is 1.37. The van der Waals surface area contributed by atoms with Crippen LogP contribution in [0.2, 0.25) is 0 Å². The first-order valence-corrected chi connectivity index (χ1v) is 4.12. The zero-order chi connectivity index (χ0) is 10.2. The fraction of sp³-hybridized carbons (Fsp3) is 0. The van der Waals surface area contributed by atoms with Crippen molar-refractivity contribution in [3.05, 3.63) is 36.5 Å². The quantitative estimate of drug-likeness (QED) is 0.639. The summed E-state index contributed by atoms with van der Waals surface area (Å²) < 4.78 is 37.6. The third-order valence-electron chi connectivity index (χ3n) is 2.02. The van der Waals surface area contributed by atoms with Gasteiger partial charge in [0.05, 0.1) is 0 Å². The molecule has 2 aromatic rings. The topological polar surface area (TPSA) is 12.9 Å². The van der Waals surface area contributed by atoms with Crippen molar-refractivity contribution in [2.24, 2.45) is 0 Å². The molecule has 0 N–H and O–H groups in total. The predicted octanol–water partition coefficient (Wildman–Crippen LogP) is 2.40. The molecular weight excluding hydrogens is 190 g/mol. The highest BCUT2D eigenvalue weighted by molar-refractivity contribution is 6.75. The van der Waals surface area contributed by atoms with Crippen molar-refractivity contribution in [2.75, 3.05) is 0 Å². The van der Waals surface area contributed by atoms with Crippen molar-refractivity contribution in [2.45, 2.75) is 0 Å². The molecule has 1 nitrogen and oxygen atoms in total. The van der Waals surface area contributed by atoms with Crippen LogP contribution in [-0.2, 0) is 0 Å². The summed E-state index contributed by atoms with van der Waals surface area (Å²) in [6.45, 7) is -4.98. The second-order valence-corrected chi connectivity index (χ2v) is 3.00. The molecule has 0 amide bonds. The van der Waals surface area contributed by atoms with Gasteiger partial charge in [0.25, 0.3) is 0 Å². The number of aromatic nitrogens is 1. The van der Waals surface area contributed by atoms with Crippen LogP contribution >= 0.6 is 0 Å². The second kappa shape index (κ2) is 3.01. The predicted molar refractivity (Wildman–Crippen MR) is 51.6 cm³/mol. The largest absolute Gasteiger partial charge is 1.00 e. The lowest BCUT2D eigenvalue weighted by Gasteiger charge is -2.16. The zero-order valence-electron chi connectivity index (χ0n) is 8.12. The minimum absolute atomic E-state index is 0. The minimum Gasteiger partial charge on any atom is -0.445 e. The molecule has 72 valence electrons. The SMILES string of the molecule is F[B-](F)(F)c1cccc2cccnc12.[H+]. The Morgan fingerprint density at radius 2 is 1.79 bits per heavy atom. The van der Waals surface area contributed by atoms with Gasteiger partial charge in [0.1, 0.15) is 0 Å². The van der Waals surface area contributed by atoms with Crippen LogP contribution in [0.1, 0.15) is 1.43 Å². The lowest BCUT2D eigenvalue weighted by atomic mass is 9.78. The summed E-state index contributed by atoms with van der Waals surface area (Å²) in [6, 6.07) is 7.32. The normalized spacial score (nSPS) is 11.9. The molecule has 0 atom stereocenters. The van der Waals surface area contributed by atoms with Crippen molar-refractivity contribution in [1.82, 2.24) is 4.98 Å². The van der Waals surface area contributed by atoms with Crippen molar-refractivity contribution >= 4 is 23.3 Å². The van der Waals surface area contributed by atoms with Gasteiger partial charge in [-0.05, 0) is 11.5 Å². The molecule has 0 spiro atoms. The van der Waals surface area contributed by atoms with Gasteiger partial charge in [-0.3, -0.25) is 4.98 Å². The molecule has 0 bridgehead atoms. The van der Waals surface area contributed by atoms with E-state index >= 15 is 0 Å². The van der Waals surface area contributed by atoms with Gasteiger partial charge in [0.2, 0.25) is 0 Å². The standard InChI is InChI=1S/C9H6BF3N/c11-10(12,13)8-5-1-3-7-4-2-6-14-9(7)8/h1-6H/q-1/p+1. The molecule has 1 aromatic carbocycles. The maximum Gasteiger partial charge on any atom is 1.00 e. The van der Waals surface area contributed by atoms with Gasteiger partial charge >= 0.3 is 8.40 Å². The van der Waals surface area contributed by atoms with Gasteiger partial charge in [-0.2, -0.15) is 0 Å². The maximum absolute atomic E-state index is 12.5. The molecule has 1 aromatic heterocycles. The van der Waals surface area contributed by atoms with E-state index < -0.39 is 12.4 Å². The number of hydrogen-bond donors (Lipinski definition) is 0. The first-order valence-electron chi connectivity index (χ1n) is 4.12. The van der Waals surface area contributed by atoms with Crippen LogP contribution < -0.4 is 5.46 Å². The first kappa shape index (κ1) is 9.06. The fourth-order valence-corrected chi connectivity index (χ4v) is 1.39. The summed E-state index contributed by atoms with van der Waals surface area (Å²) in [7, 11) is 0. The zero-order valence-corrected chi connectivity index (χ0v) is 7.12. The summed E-state index contributed by atoms with van der Waals surface area (Å²) >= 11 is 0. The van der Waals surface area contributed by atoms with Crippen molar-refractivity contribution in [1.29, 1.82) is 0 Å². The molecule has 0 saturated heterocycles. The Morgan fingerprint density at radius 1 is 1.07 bits per heavy atom. The Balaban J connectivity index is 0.00000112. The lowest BCUT2D eigenvalue weighted by Crippen LogP contribution is -2.34. The first-order chi connectivity index (χ1) is 6.59. The van der Waals surface area contributed by atoms with E-state index in [-0.39, 0.29) is 6.94 Å². The summed E-state index contributed by atoms with van der Waals surface area (Å²) in [5, 5.41) is 0.518. The average Bonchev–Trinajstić information content (AvgIpc) is 2.15. The number of benzene rings is 1. The highest BCUT2D eigenvalue weighted by Gasteiger charge is 2.27. The summed E-state index contributed by atoms with van der Waals surface area (Å²) in [5.41, 5.74) is -0.592. The Hall–Kier alpha value is -1.52. The van der Waals surface area contributed by atoms with E-state index in [9.17, 15) is 12.9 Å². The van der Waals surface area contributed by atoms with Gasteiger partial charge in [-0.1, -0.05) is 29.7 Å². The molecular formula is C9H7BF3N. The van der Waals surface area contributed by atoms with E-state index in [1.807, 2.05) is 0 Å². The Morgan fingerprint density at radius 3 is 2.50 bits per heavy atom. The number of para-hydroxylation sites is 1. The molecule has 0 aliphatic rings. The van der Waals surface area contributed by atoms with Crippen LogP contribution in [0.4, 0.5) is 12.9 Å². The summed E-state index contributed by atoms with van der Waals surface area (Å²) in [4.78, 5) is 3.74. The third kappa shape index (κ3) is 1.45. The number of fused-ring (bicyclic) bond motifs is 1. The number of rotatable bonds is 1. The molecule has 0 unspecified atom stereocenters. The Kier molecular flexibility index (Phi) is 1.95. The fourth-order valence-electron chi connectivity index (χ4n) is 1.39. The van der Waals surface area contributed by atoms with Crippen molar-refractivity contribution < 1.29 is 14.4 Å². The maximum atomic E-state index is 12.5. The second-order valence-electron chi connectivity index (χ2n) is 3.00. The molecule has 1 heterocycles. The number of pyridine rings is 1. The molecule has 2 rings (SSSR count). The van der Waals surface area contributed by atoms with Crippen molar-refractivity contribution in [3.8, 4) is 0 Å².